The van der Waals surface area contributed by atoms with E-state index in [1.807, 2.05) is 40.0 Å². The van der Waals surface area contributed by atoms with Crippen LogP contribution in [-0.4, -0.2) is 51.4 Å². The molecule has 9 rings (SSSR count). The monoisotopic (exact) mass is 628 g/mol. The minimum Gasteiger partial charge on any atom is -0.456 e. The SMILES string of the molecule is BC(B)(O)C(B)(B)c1nc2ccccc2n1-c1cccc(-c2c3ccccc3c(-c3ccc4oc5ccccc5c4c3)c3ccccc23)c1. The highest BCUT2D eigenvalue weighted by atomic mass is 16.3. The molecule has 4 nitrogen and oxygen atoms in total. The number of fused-ring (bicyclic) bond motifs is 6. The van der Waals surface area contributed by atoms with E-state index in [1.54, 1.807) is 0 Å². The second-order valence-corrected chi connectivity index (χ2v) is 14.1. The molecule has 0 saturated carbocycles. The van der Waals surface area contributed by atoms with E-state index in [-0.39, 0.29) is 0 Å². The fourth-order valence-electron chi connectivity index (χ4n) is 7.41. The van der Waals surface area contributed by atoms with Gasteiger partial charge in [0.1, 0.15) is 48.4 Å². The van der Waals surface area contributed by atoms with Gasteiger partial charge >= 0.3 is 0 Å². The highest BCUT2D eigenvalue weighted by Gasteiger charge is 2.40. The number of para-hydroxylation sites is 3. The van der Waals surface area contributed by atoms with Crippen LogP contribution in [0.25, 0.3) is 82.5 Å². The minimum absolute atomic E-state index is 0.634. The predicted octanol–water partition coefficient (Wildman–Crippen LogP) is 5.90. The number of nitrogens with zero attached hydrogens (tertiary/aromatic N) is 2. The zero-order chi connectivity index (χ0) is 33.5. The van der Waals surface area contributed by atoms with E-state index in [4.69, 9.17) is 9.40 Å². The van der Waals surface area contributed by atoms with Crippen LogP contribution in [0.2, 0.25) is 0 Å². The number of imidazole rings is 1. The normalized spacial score (nSPS) is 12.5. The first-order valence-electron chi connectivity index (χ1n) is 16.9. The molecule has 0 fully saturated rings. The van der Waals surface area contributed by atoms with Gasteiger partial charge in [-0.05, 0) is 96.9 Å². The van der Waals surface area contributed by atoms with E-state index in [1.165, 1.54) is 32.7 Å². The Balaban J connectivity index is 1.31. The first-order chi connectivity index (χ1) is 23.7. The molecule has 0 aliphatic carbocycles. The third kappa shape index (κ3) is 4.51. The summed E-state index contributed by atoms with van der Waals surface area (Å²) in [6.07, 6.45) is 0. The topological polar surface area (TPSA) is 51.2 Å². The summed E-state index contributed by atoms with van der Waals surface area (Å²) in [6, 6.07) is 49.3. The van der Waals surface area contributed by atoms with Crippen LogP contribution in [0.5, 0.6) is 0 Å². The Kier molecular flexibility index (Phi) is 6.53. The van der Waals surface area contributed by atoms with Gasteiger partial charge in [-0.1, -0.05) is 97.1 Å². The Morgan fingerprint density at radius 3 is 1.73 bits per heavy atom. The maximum Gasteiger partial charge on any atom is 0.135 e. The lowest BCUT2D eigenvalue weighted by atomic mass is 9.35. The van der Waals surface area contributed by atoms with Crippen molar-refractivity contribution in [2.75, 3.05) is 0 Å². The van der Waals surface area contributed by atoms with Crippen molar-refractivity contribution in [2.45, 2.75) is 10.6 Å². The smallest absolute Gasteiger partial charge is 0.135 e. The van der Waals surface area contributed by atoms with Gasteiger partial charge in [0.15, 0.2) is 0 Å². The summed E-state index contributed by atoms with van der Waals surface area (Å²) < 4.78 is 8.41. The standard InChI is InChI=1S/C41H32B4N2O2/c42-40(43,41(44,45)48)39-46-33-17-6-7-18-34(33)47(39)26-11-9-10-24(22-26)37-28-13-1-3-15-30(28)38(31-16-4-2-14-29(31)37)25-20-21-36-32(23-25)27-12-5-8-19-35(27)49-36/h1-23,48H,42-45H2. The van der Waals surface area contributed by atoms with Crippen molar-refractivity contribution in [1.82, 2.24) is 9.55 Å². The van der Waals surface area contributed by atoms with Crippen molar-refractivity contribution in [2.24, 2.45) is 0 Å². The molecule has 0 atom stereocenters. The van der Waals surface area contributed by atoms with E-state index in [0.29, 0.717) is 0 Å². The number of hydrogen-bond donors (Lipinski definition) is 1. The number of hydrogen-bond acceptors (Lipinski definition) is 3. The van der Waals surface area contributed by atoms with Crippen LogP contribution >= 0.6 is 0 Å². The van der Waals surface area contributed by atoms with E-state index in [9.17, 15) is 5.11 Å². The maximum absolute atomic E-state index is 11.3. The quantitative estimate of drug-likeness (QED) is 0.191. The summed E-state index contributed by atoms with van der Waals surface area (Å²) in [5.41, 5.74) is 9.42. The number of furan rings is 1. The highest BCUT2D eigenvalue weighted by molar-refractivity contribution is 6.53. The molecule has 2 heterocycles. The molecule has 0 aliphatic heterocycles. The van der Waals surface area contributed by atoms with E-state index < -0.39 is 10.6 Å². The molecular weight excluding hydrogens is 596 g/mol. The summed E-state index contributed by atoms with van der Waals surface area (Å²) in [5, 5.41) is 16.7. The molecule has 49 heavy (non-hydrogen) atoms. The van der Waals surface area contributed by atoms with Gasteiger partial charge in [0, 0.05) is 16.5 Å². The summed E-state index contributed by atoms with van der Waals surface area (Å²) >= 11 is 0. The summed E-state index contributed by atoms with van der Waals surface area (Å²) in [5.74, 6) is 0.825. The molecule has 8 heteroatoms. The van der Waals surface area contributed by atoms with Gasteiger partial charge in [-0.25, -0.2) is 4.98 Å². The molecule has 0 amide bonds. The second kappa shape index (κ2) is 10.8. The summed E-state index contributed by atoms with van der Waals surface area (Å²) in [4.78, 5) is 5.11. The molecule has 0 unspecified atom stereocenters. The molecule has 230 valence electrons. The molecule has 0 aliphatic rings. The Morgan fingerprint density at radius 1 is 0.531 bits per heavy atom. The largest absolute Gasteiger partial charge is 0.456 e. The van der Waals surface area contributed by atoms with Gasteiger partial charge in [0.25, 0.3) is 0 Å². The van der Waals surface area contributed by atoms with Crippen molar-refractivity contribution in [3.63, 3.8) is 0 Å². The fraction of sp³-hybridized carbons (Fsp3) is 0.0488. The van der Waals surface area contributed by atoms with Crippen molar-refractivity contribution in [1.29, 1.82) is 0 Å². The van der Waals surface area contributed by atoms with Crippen molar-refractivity contribution >= 4 is 85.9 Å². The van der Waals surface area contributed by atoms with Crippen LogP contribution in [0.1, 0.15) is 5.82 Å². The second-order valence-electron chi connectivity index (χ2n) is 14.1. The van der Waals surface area contributed by atoms with Crippen LogP contribution < -0.4 is 0 Å². The van der Waals surface area contributed by atoms with Crippen molar-refractivity contribution in [3.05, 3.63) is 145 Å². The third-order valence-corrected chi connectivity index (χ3v) is 10.6. The fourth-order valence-corrected chi connectivity index (χ4v) is 7.41. The maximum atomic E-state index is 11.3. The molecule has 2 aromatic heterocycles. The lowest BCUT2D eigenvalue weighted by Gasteiger charge is -2.38. The number of aliphatic hydroxyl groups is 1. The molecule has 0 bridgehead atoms. The van der Waals surface area contributed by atoms with Crippen LogP contribution in [0.4, 0.5) is 0 Å². The summed E-state index contributed by atoms with van der Waals surface area (Å²) in [6.45, 7) is 0. The first-order valence-corrected chi connectivity index (χ1v) is 16.9. The van der Waals surface area contributed by atoms with Gasteiger partial charge in [0.05, 0.1) is 11.0 Å². The zero-order valence-electron chi connectivity index (χ0n) is 28.0. The number of benzene rings is 7. The highest BCUT2D eigenvalue weighted by Crippen LogP contribution is 2.45. The van der Waals surface area contributed by atoms with Crippen LogP contribution in [0.15, 0.2) is 144 Å². The average Bonchev–Trinajstić information content (AvgIpc) is 3.69. The van der Waals surface area contributed by atoms with Gasteiger partial charge in [-0.2, -0.15) is 0 Å². The molecule has 7 aromatic carbocycles. The summed E-state index contributed by atoms with van der Waals surface area (Å²) in [7, 11) is 7.86. The van der Waals surface area contributed by atoms with Crippen molar-refractivity contribution in [3.8, 4) is 27.9 Å². The Hall–Kier alpha value is -5.45. The van der Waals surface area contributed by atoms with E-state index in [0.717, 1.165) is 55.6 Å². The lowest BCUT2D eigenvalue weighted by molar-refractivity contribution is 0.189. The third-order valence-electron chi connectivity index (χ3n) is 10.6. The van der Waals surface area contributed by atoms with Crippen molar-refractivity contribution < 1.29 is 9.52 Å². The Bertz CT molecular complexity index is 2700. The van der Waals surface area contributed by atoms with Gasteiger partial charge in [0.2, 0.25) is 0 Å². The van der Waals surface area contributed by atoms with Crippen LogP contribution in [0, 0.1) is 0 Å². The first kappa shape index (κ1) is 29.7. The molecule has 0 saturated heterocycles. The van der Waals surface area contributed by atoms with Gasteiger partial charge in [-0.3, -0.25) is 4.57 Å². The van der Waals surface area contributed by atoms with Gasteiger partial charge < -0.3 is 9.52 Å². The molecule has 0 radical (unpaired) electrons. The Morgan fingerprint density at radius 2 is 1.08 bits per heavy atom. The van der Waals surface area contributed by atoms with E-state index >= 15 is 0 Å². The zero-order valence-corrected chi connectivity index (χ0v) is 28.0. The lowest BCUT2D eigenvalue weighted by Crippen LogP contribution is -2.55. The predicted molar refractivity (Wildman–Crippen MR) is 215 cm³/mol. The number of aromatic nitrogens is 2. The molecular formula is C41H32B4N2O2. The minimum atomic E-state index is -1.00. The molecule has 9 aromatic rings. The molecule has 1 N–H and O–H groups in total. The van der Waals surface area contributed by atoms with Crippen LogP contribution in [0.3, 0.4) is 0 Å². The Labute approximate surface area is 288 Å². The van der Waals surface area contributed by atoms with E-state index in [2.05, 4.69) is 136 Å². The van der Waals surface area contributed by atoms with Crippen LogP contribution in [-0.2, 0) is 5.21 Å². The number of rotatable bonds is 5. The average molecular weight is 628 g/mol. The van der Waals surface area contributed by atoms with Gasteiger partial charge in [-0.15, -0.1) is 0 Å². The molecule has 0 spiro atoms.